The predicted molar refractivity (Wildman–Crippen MR) is 110 cm³/mol. The fraction of sp³-hybridized carbons (Fsp3) is 0.300. The molecule has 166 valence electrons. The first-order valence-corrected chi connectivity index (χ1v) is 9.67. The van der Waals surface area contributed by atoms with E-state index in [1.54, 1.807) is 11.9 Å². The van der Waals surface area contributed by atoms with Crippen molar-refractivity contribution in [2.75, 3.05) is 24.3 Å². The topological polar surface area (TPSA) is 101 Å². The Kier molecular flexibility index (Phi) is 5.21. The van der Waals surface area contributed by atoms with Gasteiger partial charge in [-0.25, -0.2) is 19.3 Å². The van der Waals surface area contributed by atoms with Gasteiger partial charge in [0.1, 0.15) is 30.1 Å². The highest BCUT2D eigenvalue weighted by atomic mass is 35.5. The second-order valence-electron chi connectivity index (χ2n) is 7.28. The second-order valence-corrected chi connectivity index (χ2v) is 7.65. The van der Waals surface area contributed by atoms with Crippen LogP contribution in [0.5, 0.6) is 5.75 Å². The van der Waals surface area contributed by atoms with Crippen LogP contribution in [0.4, 0.5) is 29.2 Å². The summed E-state index contributed by atoms with van der Waals surface area (Å²) >= 11 is 6.45. The molecule has 0 radical (unpaired) electrons. The van der Waals surface area contributed by atoms with Crippen molar-refractivity contribution in [2.24, 2.45) is 0 Å². The van der Waals surface area contributed by atoms with E-state index >= 15 is 4.39 Å². The number of likely N-dealkylation sites (N-methyl/N-ethyl adjacent to an activating group) is 1. The molecular weight excluding hydrogens is 452 g/mol. The Morgan fingerprint density at radius 2 is 2.09 bits per heavy atom. The number of nitrogens with two attached hydrogens (primary N) is 1. The van der Waals surface area contributed by atoms with Crippen LogP contribution in [0, 0.1) is 24.1 Å². The summed E-state index contributed by atoms with van der Waals surface area (Å²) in [6.45, 7) is 1.17. The number of rotatable bonds is 2. The van der Waals surface area contributed by atoms with E-state index in [4.69, 9.17) is 27.3 Å². The molecule has 2 aromatic heterocycles. The minimum atomic E-state index is -4.85. The molecule has 1 aromatic carbocycles. The average Bonchev–Trinajstić information content (AvgIpc) is 2.83. The SMILES string of the molecule is Cc1cc(N)nc(-c2c(Cl)c3c4c(ncnc4c2F)N(C)[C@@H](CC#N)CO3)c1C(F)(F)F. The van der Waals surface area contributed by atoms with Gasteiger partial charge in [-0.15, -0.1) is 0 Å². The lowest BCUT2D eigenvalue weighted by Crippen LogP contribution is -2.35. The average molecular weight is 467 g/mol. The molecule has 7 nitrogen and oxygen atoms in total. The van der Waals surface area contributed by atoms with E-state index in [1.807, 2.05) is 6.07 Å². The Labute approximate surface area is 184 Å². The maximum atomic E-state index is 15.7. The Morgan fingerprint density at radius 3 is 2.75 bits per heavy atom. The summed E-state index contributed by atoms with van der Waals surface area (Å²) in [5.41, 5.74) is 2.61. The lowest BCUT2D eigenvalue weighted by molar-refractivity contribution is -0.137. The monoisotopic (exact) mass is 466 g/mol. The lowest BCUT2D eigenvalue weighted by atomic mass is 9.98. The largest absolute Gasteiger partial charge is 0.489 e. The summed E-state index contributed by atoms with van der Waals surface area (Å²) in [5, 5.41) is 8.79. The molecule has 1 aliphatic heterocycles. The van der Waals surface area contributed by atoms with E-state index in [2.05, 4.69) is 15.0 Å². The van der Waals surface area contributed by atoms with Crippen LogP contribution >= 0.6 is 11.6 Å². The smallest absolute Gasteiger partial charge is 0.418 e. The third kappa shape index (κ3) is 3.31. The third-order valence-corrected chi connectivity index (χ3v) is 5.65. The van der Waals surface area contributed by atoms with Crippen LogP contribution in [0.2, 0.25) is 5.02 Å². The highest BCUT2D eigenvalue weighted by molar-refractivity contribution is 6.36. The minimum absolute atomic E-state index is 0.0319. The normalized spacial score (nSPS) is 15.9. The number of anilines is 2. The fourth-order valence-corrected chi connectivity index (χ4v) is 4.12. The number of nitrogens with zero attached hydrogens (tertiary/aromatic N) is 5. The zero-order valence-electron chi connectivity index (χ0n) is 16.8. The number of aromatic nitrogens is 3. The first-order valence-electron chi connectivity index (χ1n) is 9.29. The molecular formula is C20H15ClF4N6O. The van der Waals surface area contributed by atoms with Gasteiger partial charge < -0.3 is 15.4 Å². The summed E-state index contributed by atoms with van der Waals surface area (Å²) in [7, 11) is 1.65. The summed E-state index contributed by atoms with van der Waals surface area (Å²) in [6, 6.07) is 2.63. The number of ether oxygens (including phenoxy) is 1. The molecule has 0 fully saturated rings. The van der Waals surface area contributed by atoms with Gasteiger partial charge in [-0.3, -0.25) is 0 Å². The maximum Gasteiger partial charge on any atom is 0.418 e. The zero-order chi connectivity index (χ0) is 23.4. The number of hydrogen-bond donors (Lipinski definition) is 1. The van der Waals surface area contributed by atoms with E-state index < -0.39 is 39.9 Å². The Balaban J connectivity index is 2.11. The first-order chi connectivity index (χ1) is 15.1. The van der Waals surface area contributed by atoms with Crippen molar-refractivity contribution in [3.05, 3.63) is 34.4 Å². The van der Waals surface area contributed by atoms with Gasteiger partial charge in [0.15, 0.2) is 11.6 Å². The Morgan fingerprint density at radius 1 is 1.38 bits per heavy atom. The number of nitrogen functional groups attached to an aromatic ring is 1. The van der Waals surface area contributed by atoms with E-state index in [9.17, 15) is 13.2 Å². The van der Waals surface area contributed by atoms with Crippen molar-refractivity contribution in [1.29, 1.82) is 5.26 Å². The van der Waals surface area contributed by atoms with Crippen LogP contribution in [-0.2, 0) is 6.18 Å². The van der Waals surface area contributed by atoms with Crippen LogP contribution in [0.3, 0.4) is 0 Å². The molecule has 0 amide bonds. The Bertz CT molecular complexity index is 1290. The van der Waals surface area contributed by atoms with Crippen LogP contribution in [0.1, 0.15) is 17.5 Å². The van der Waals surface area contributed by atoms with Crippen LogP contribution in [0.15, 0.2) is 12.4 Å². The maximum absolute atomic E-state index is 15.7. The number of hydrogen-bond acceptors (Lipinski definition) is 7. The van der Waals surface area contributed by atoms with Crippen molar-refractivity contribution < 1.29 is 22.3 Å². The summed E-state index contributed by atoms with van der Waals surface area (Å²) in [4.78, 5) is 13.5. The molecule has 0 bridgehead atoms. The van der Waals surface area contributed by atoms with Crippen molar-refractivity contribution in [3.63, 3.8) is 0 Å². The number of benzene rings is 1. The molecule has 4 rings (SSSR count). The number of nitriles is 1. The Hall–Kier alpha value is -3.39. The van der Waals surface area contributed by atoms with Crippen LogP contribution < -0.4 is 15.4 Å². The van der Waals surface area contributed by atoms with Gasteiger partial charge in [0.05, 0.1) is 45.8 Å². The first kappa shape index (κ1) is 21.8. The quantitative estimate of drug-likeness (QED) is 0.555. The number of halogens is 5. The molecule has 1 aliphatic rings. The van der Waals surface area contributed by atoms with Crippen molar-refractivity contribution >= 4 is 34.1 Å². The molecule has 0 saturated carbocycles. The van der Waals surface area contributed by atoms with E-state index in [0.29, 0.717) is 0 Å². The lowest BCUT2D eigenvalue weighted by Gasteiger charge is -2.24. The molecule has 0 unspecified atom stereocenters. The molecule has 3 heterocycles. The molecule has 3 aromatic rings. The molecule has 2 N–H and O–H groups in total. The number of alkyl halides is 3. The van der Waals surface area contributed by atoms with Gasteiger partial charge in [-0.2, -0.15) is 18.4 Å². The van der Waals surface area contributed by atoms with Gasteiger partial charge in [-0.1, -0.05) is 11.6 Å². The standard InChI is InChI=1S/C20H15ClF4N6O/c1-8-5-10(27)30-16(13(8)20(23,24)25)11-14(21)18-12-17(15(11)22)28-7-29-19(12)31(2)9(3-4-26)6-32-18/h5,7,9H,3,6H2,1-2H3,(H2,27,30)/t9-/m0/s1. The van der Waals surface area contributed by atoms with E-state index in [0.717, 1.165) is 12.4 Å². The third-order valence-electron chi connectivity index (χ3n) is 5.29. The fourth-order valence-electron chi connectivity index (χ4n) is 3.80. The van der Waals surface area contributed by atoms with Crippen LogP contribution in [-0.4, -0.2) is 34.6 Å². The van der Waals surface area contributed by atoms with Crippen molar-refractivity contribution in [1.82, 2.24) is 15.0 Å². The highest BCUT2D eigenvalue weighted by Crippen LogP contribution is 2.49. The minimum Gasteiger partial charge on any atom is -0.489 e. The van der Waals surface area contributed by atoms with Gasteiger partial charge in [0.25, 0.3) is 0 Å². The molecule has 1 atom stereocenters. The van der Waals surface area contributed by atoms with Gasteiger partial charge in [-0.05, 0) is 18.6 Å². The van der Waals surface area contributed by atoms with E-state index in [1.165, 1.54) is 6.92 Å². The van der Waals surface area contributed by atoms with Gasteiger partial charge in [0.2, 0.25) is 0 Å². The highest BCUT2D eigenvalue weighted by Gasteiger charge is 2.40. The summed E-state index contributed by atoms with van der Waals surface area (Å²) in [6.07, 6.45) is -3.71. The molecule has 0 saturated heterocycles. The predicted octanol–water partition coefficient (Wildman–Crippen LogP) is 4.50. The van der Waals surface area contributed by atoms with E-state index in [-0.39, 0.29) is 46.9 Å². The van der Waals surface area contributed by atoms with Crippen molar-refractivity contribution in [2.45, 2.75) is 25.6 Å². The molecule has 0 spiro atoms. The molecule has 0 aliphatic carbocycles. The molecule has 32 heavy (non-hydrogen) atoms. The number of pyridine rings is 1. The van der Waals surface area contributed by atoms with Gasteiger partial charge in [0, 0.05) is 7.05 Å². The number of aryl methyl sites for hydroxylation is 1. The summed E-state index contributed by atoms with van der Waals surface area (Å²) in [5.74, 6) is -1.19. The van der Waals surface area contributed by atoms with Crippen LogP contribution in [0.25, 0.3) is 22.2 Å². The molecule has 12 heteroatoms. The van der Waals surface area contributed by atoms with Crippen molar-refractivity contribution in [3.8, 4) is 23.1 Å². The zero-order valence-corrected chi connectivity index (χ0v) is 17.5. The summed E-state index contributed by atoms with van der Waals surface area (Å²) < 4.78 is 63.1. The second kappa shape index (κ2) is 7.63. The van der Waals surface area contributed by atoms with Gasteiger partial charge >= 0.3 is 6.18 Å².